The van der Waals surface area contributed by atoms with Crippen LogP contribution in [0.25, 0.3) is 0 Å². The van der Waals surface area contributed by atoms with Crippen LogP contribution in [-0.2, 0) is 9.53 Å². The van der Waals surface area contributed by atoms with Gasteiger partial charge < -0.3 is 20.4 Å². The summed E-state index contributed by atoms with van der Waals surface area (Å²) in [5, 5.41) is 18.4. The fraction of sp³-hybridized carbons (Fsp3) is 0.857. The molecule has 1 heterocycles. The zero-order valence-electron chi connectivity index (χ0n) is 6.43. The molecule has 0 radical (unpaired) electrons. The molecule has 1 saturated carbocycles. The highest BCUT2D eigenvalue weighted by atomic mass is 16.6. The summed E-state index contributed by atoms with van der Waals surface area (Å²) in [5.74, 6) is -0.455. The highest BCUT2D eigenvalue weighted by molar-refractivity contribution is 5.75. The molecule has 1 aliphatic heterocycles. The number of fused-ring (bicyclic) bond motifs is 2. The van der Waals surface area contributed by atoms with E-state index in [0.717, 1.165) is 0 Å². The lowest BCUT2D eigenvalue weighted by Crippen LogP contribution is -2.40. The first kappa shape index (κ1) is 9.44. The molecule has 4 N–H and O–H groups in total. The summed E-state index contributed by atoms with van der Waals surface area (Å²) < 4.78 is 4.82. The zero-order valence-corrected chi connectivity index (χ0v) is 6.43. The van der Waals surface area contributed by atoms with E-state index in [2.05, 4.69) is 0 Å². The van der Waals surface area contributed by atoms with Crippen LogP contribution in [0.15, 0.2) is 0 Å². The highest BCUT2D eigenvalue weighted by Gasteiger charge is 2.47. The Bertz CT molecular complexity index is 192. The van der Waals surface area contributed by atoms with Crippen molar-refractivity contribution in [1.29, 1.82) is 0 Å². The zero-order chi connectivity index (χ0) is 8.01. The number of rotatable bonds is 0. The quantitative estimate of drug-likeness (QED) is 0.426. The van der Waals surface area contributed by atoms with Gasteiger partial charge in [-0.2, -0.15) is 0 Å². The van der Waals surface area contributed by atoms with Crippen molar-refractivity contribution in [3.63, 3.8) is 0 Å². The van der Waals surface area contributed by atoms with E-state index in [-0.39, 0.29) is 17.4 Å². The van der Waals surface area contributed by atoms with Gasteiger partial charge in [-0.05, 0) is 6.42 Å². The number of carbonyl (C=O) groups excluding carboxylic acids is 1. The van der Waals surface area contributed by atoms with Crippen LogP contribution >= 0.6 is 0 Å². The number of hydrogen-bond acceptors (Lipinski definition) is 4. The fourth-order valence-corrected chi connectivity index (χ4v) is 1.75. The van der Waals surface area contributed by atoms with Crippen molar-refractivity contribution in [2.75, 3.05) is 0 Å². The predicted octanol–water partition coefficient (Wildman–Crippen LogP) is -1.78. The molecule has 4 atom stereocenters. The van der Waals surface area contributed by atoms with Crippen LogP contribution in [-0.4, -0.2) is 40.0 Å². The van der Waals surface area contributed by atoms with Gasteiger partial charge in [0.15, 0.2) is 0 Å². The average molecular weight is 176 g/mol. The fourth-order valence-electron chi connectivity index (χ4n) is 1.75. The minimum atomic E-state index is -0.877. The van der Waals surface area contributed by atoms with E-state index in [0.29, 0.717) is 12.8 Å². The van der Waals surface area contributed by atoms with Crippen molar-refractivity contribution in [3.05, 3.63) is 0 Å². The molecule has 12 heavy (non-hydrogen) atoms. The largest absolute Gasteiger partial charge is 0.459 e. The number of ether oxygens (including phenoxy) is 1. The van der Waals surface area contributed by atoms with Crippen LogP contribution in [0, 0.1) is 5.92 Å². The molecule has 5 nitrogen and oxygen atoms in total. The molecule has 1 saturated heterocycles. The molecular formula is C7H12O5. The normalized spacial score (nSPS) is 45.0. The van der Waals surface area contributed by atoms with Crippen molar-refractivity contribution >= 4 is 5.97 Å². The van der Waals surface area contributed by atoms with Gasteiger partial charge in [0.05, 0.1) is 12.0 Å². The van der Waals surface area contributed by atoms with Gasteiger partial charge in [0.25, 0.3) is 0 Å². The Kier molecular flexibility index (Phi) is 2.36. The summed E-state index contributed by atoms with van der Waals surface area (Å²) in [4.78, 5) is 10.9. The third-order valence-electron chi connectivity index (χ3n) is 2.42. The minimum Gasteiger partial charge on any atom is -0.459 e. The second kappa shape index (κ2) is 3.01. The predicted molar refractivity (Wildman–Crippen MR) is 38.2 cm³/mol. The Morgan fingerprint density at radius 1 is 1.33 bits per heavy atom. The first-order chi connectivity index (χ1) is 5.18. The van der Waals surface area contributed by atoms with E-state index in [4.69, 9.17) is 4.74 Å². The second-order valence-corrected chi connectivity index (χ2v) is 3.20. The van der Waals surface area contributed by atoms with Crippen molar-refractivity contribution in [2.24, 2.45) is 5.92 Å². The molecule has 0 amide bonds. The molecule has 0 aromatic carbocycles. The molecule has 70 valence electrons. The van der Waals surface area contributed by atoms with Gasteiger partial charge in [-0.3, -0.25) is 4.79 Å². The van der Waals surface area contributed by atoms with Crippen LogP contribution in [0.5, 0.6) is 0 Å². The molecule has 0 spiro atoms. The van der Waals surface area contributed by atoms with Gasteiger partial charge in [0, 0.05) is 6.42 Å². The molecule has 2 rings (SSSR count). The SMILES string of the molecule is O.O=C1O[C@@H]2CC1C[C@@H](O)C2O. The van der Waals surface area contributed by atoms with Crippen LogP contribution in [0.4, 0.5) is 0 Å². The van der Waals surface area contributed by atoms with E-state index < -0.39 is 18.3 Å². The Morgan fingerprint density at radius 3 is 2.67 bits per heavy atom. The summed E-state index contributed by atoms with van der Waals surface area (Å²) in [7, 11) is 0. The van der Waals surface area contributed by atoms with Crippen molar-refractivity contribution < 1.29 is 25.2 Å². The summed E-state index contributed by atoms with van der Waals surface area (Å²) >= 11 is 0. The van der Waals surface area contributed by atoms with Gasteiger partial charge >= 0.3 is 5.97 Å². The Balaban J connectivity index is 0.000000720. The maximum atomic E-state index is 10.9. The van der Waals surface area contributed by atoms with Crippen LogP contribution < -0.4 is 0 Å². The van der Waals surface area contributed by atoms with Crippen LogP contribution in [0.2, 0.25) is 0 Å². The topological polar surface area (TPSA) is 98.3 Å². The lowest BCUT2D eigenvalue weighted by Gasteiger charge is -2.25. The number of carbonyl (C=O) groups is 1. The lowest BCUT2D eigenvalue weighted by atomic mass is 9.86. The molecule has 2 unspecified atom stereocenters. The summed E-state index contributed by atoms with van der Waals surface area (Å²) in [5.41, 5.74) is 0. The van der Waals surface area contributed by atoms with E-state index in [1.165, 1.54) is 0 Å². The average Bonchev–Trinajstić information content (AvgIpc) is 2.26. The molecule has 1 aliphatic carbocycles. The van der Waals surface area contributed by atoms with E-state index in [1.807, 2.05) is 0 Å². The van der Waals surface area contributed by atoms with E-state index in [1.54, 1.807) is 0 Å². The van der Waals surface area contributed by atoms with E-state index >= 15 is 0 Å². The standard InChI is InChI=1S/C7H10O4.H2O/c8-4-1-3-2-5(6(4)9)11-7(3)10;/h3-6,8-9H,1-2H2;1H2/t3?,4-,5-,6?;/m1./s1. The van der Waals surface area contributed by atoms with Gasteiger partial charge in [0.2, 0.25) is 0 Å². The maximum absolute atomic E-state index is 10.9. The first-order valence-electron chi connectivity index (χ1n) is 3.75. The van der Waals surface area contributed by atoms with E-state index in [9.17, 15) is 15.0 Å². The van der Waals surface area contributed by atoms with Gasteiger partial charge in [0.1, 0.15) is 12.2 Å². The van der Waals surface area contributed by atoms with Gasteiger partial charge in [-0.15, -0.1) is 0 Å². The van der Waals surface area contributed by atoms with Gasteiger partial charge in [-0.1, -0.05) is 0 Å². The molecular weight excluding hydrogens is 164 g/mol. The van der Waals surface area contributed by atoms with Crippen molar-refractivity contribution in [3.8, 4) is 0 Å². The monoisotopic (exact) mass is 176 g/mol. The van der Waals surface area contributed by atoms with Crippen LogP contribution in [0.1, 0.15) is 12.8 Å². The Labute approximate surface area is 69.3 Å². The molecule has 2 bridgehead atoms. The Hall–Kier alpha value is -0.650. The molecule has 0 aromatic heterocycles. The summed E-state index contributed by atoms with van der Waals surface area (Å²) in [6, 6.07) is 0. The summed E-state index contributed by atoms with van der Waals surface area (Å²) in [6.07, 6.45) is -1.22. The Morgan fingerprint density at radius 2 is 2.00 bits per heavy atom. The maximum Gasteiger partial charge on any atom is 0.309 e. The number of esters is 1. The van der Waals surface area contributed by atoms with Crippen LogP contribution in [0.3, 0.4) is 0 Å². The van der Waals surface area contributed by atoms with Crippen molar-refractivity contribution in [2.45, 2.75) is 31.2 Å². The number of aliphatic hydroxyl groups excluding tert-OH is 2. The molecule has 5 heteroatoms. The second-order valence-electron chi connectivity index (χ2n) is 3.20. The number of aliphatic hydroxyl groups is 2. The number of hydrogen-bond donors (Lipinski definition) is 2. The molecule has 2 aliphatic rings. The van der Waals surface area contributed by atoms with Crippen molar-refractivity contribution in [1.82, 2.24) is 0 Å². The summed E-state index contributed by atoms with van der Waals surface area (Å²) in [6.45, 7) is 0. The molecule has 2 fully saturated rings. The first-order valence-corrected chi connectivity index (χ1v) is 3.75. The lowest BCUT2D eigenvalue weighted by molar-refractivity contribution is -0.146. The third-order valence-corrected chi connectivity index (χ3v) is 2.42. The minimum absolute atomic E-state index is 0. The molecule has 0 aromatic rings. The highest BCUT2D eigenvalue weighted by Crippen LogP contribution is 2.34. The third kappa shape index (κ3) is 1.20. The van der Waals surface area contributed by atoms with Gasteiger partial charge in [-0.25, -0.2) is 0 Å². The smallest absolute Gasteiger partial charge is 0.309 e.